The third kappa shape index (κ3) is 3.19. The summed E-state index contributed by atoms with van der Waals surface area (Å²) in [5, 5.41) is 9.66. The SMILES string of the molecule is Oc1oc(-c2ccco2)nc1C=NCCCn1ccnc1. The molecule has 0 aliphatic rings. The summed E-state index contributed by atoms with van der Waals surface area (Å²) in [6.07, 6.45) is 9.30. The first-order valence-electron chi connectivity index (χ1n) is 6.52. The quantitative estimate of drug-likeness (QED) is 0.555. The lowest BCUT2D eigenvalue weighted by atomic mass is 10.4. The molecular formula is C14H14N4O3. The molecule has 7 heteroatoms. The van der Waals surface area contributed by atoms with E-state index < -0.39 is 0 Å². The minimum absolute atomic E-state index is 0.234. The Labute approximate surface area is 120 Å². The number of furan rings is 1. The molecule has 3 aromatic heterocycles. The van der Waals surface area contributed by atoms with Gasteiger partial charge in [0.25, 0.3) is 5.89 Å². The molecule has 21 heavy (non-hydrogen) atoms. The monoisotopic (exact) mass is 286 g/mol. The molecule has 0 atom stereocenters. The third-order valence-electron chi connectivity index (χ3n) is 2.84. The maximum Gasteiger partial charge on any atom is 0.312 e. The average Bonchev–Trinajstić information content (AvgIpc) is 3.19. The smallest absolute Gasteiger partial charge is 0.312 e. The first kappa shape index (κ1) is 13.2. The Bertz CT molecular complexity index is 699. The highest BCUT2D eigenvalue weighted by molar-refractivity contribution is 5.80. The molecule has 7 nitrogen and oxygen atoms in total. The molecule has 108 valence electrons. The van der Waals surface area contributed by atoms with Gasteiger partial charge >= 0.3 is 5.95 Å². The van der Waals surface area contributed by atoms with E-state index in [2.05, 4.69) is 15.0 Å². The highest BCUT2D eigenvalue weighted by atomic mass is 16.5. The van der Waals surface area contributed by atoms with Crippen LogP contribution in [0.5, 0.6) is 5.95 Å². The van der Waals surface area contributed by atoms with Crippen LogP contribution in [-0.4, -0.2) is 32.4 Å². The van der Waals surface area contributed by atoms with E-state index in [0.717, 1.165) is 13.0 Å². The highest BCUT2D eigenvalue weighted by Gasteiger charge is 2.13. The van der Waals surface area contributed by atoms with Crippen molar-refractivity contribution >= 4 is 6.21 Å². The largest absolute Gasteiger partial charge is 0.479 e. The fourth-order valence-corrected chi connectivity index (χ4v) is 1.83. The summed E-state index contributed by atoms with van der Waals surface area (Å²) in [5.74, 6) is 0.433. The zero-order chi connectivity index (χ0) is 14.5. The second-order valence-corrected chi connectivity index (χ2v) is 4.38. The molecule has 3 rings (SSSR count). The molecule has 0 spiro atoms. The summed E-state index contributed by atoms with van der Waals surface area (Å²) in [6.45, 7) is 1.47. The molecule has 0 saturated heterocycles. The Morgan fingerprint density at radius 3 is 3.14 bits per heavy atom. The summed E-state index contributed by atoms with van der Waals surface area (Å²) in [4.78, 5) is 12.3. The van der Waals surface area contributed by atoms with E-state index >= 15 is 0 Å². The standard InChI is InChI=1S/C14H14N4O3/c19-14-11(17-13(21-14)12-3-1-8-20-12)9-15-4-2-6-18-7-5-16-10-18/h1,3,5,7-10,19H,2,4,6H2. The summed E-state index contributed by atoms with van der Waals surface area (Å²) < 4.78 is 12.3. The molecular weight excluding hydrogens is 272 g/mol. The van der Waals surface area contributed by atoms with Gasteiger partial charge in [0.05, 0.1) is 18.8 Å². The van der Waals surface area contributed by atoms with Gasteiger partial charge in [0.15, 0.2) is 11.5 Å². The van der Waals surface area contributed by atoms with Crippen LogP contribution in [0.2, 0.25) is 0 Å². The number of rotatable bonds is 6. The van der Waals surface area contributed by atoms with Gasteiger partial charge in [-0.3, -0.25) is 4.99 Å². The number of aryl methyl sites for hydroxylation is 1. The Morgan fingerprint density at radius 2 is 2.38 bits per heavy atom. The van der Waals surface area contributed by atoms with Crippen molar-refractivity contribution < 1.29 is 13.9 Å². The van der Waals surface area contributed by atoms with E-state index in [1.807, 2.05) is 10.8 Å². The maximum atomic E-state index is 9.66. The van der Waals surface area contributed by atoms with Crippen LogP contribution in [-0.2, 0) is 6.54 Å². The molecule has 0 amide bonds. The molecule has 0 unspecified atom stereocenters. The van der Waals surface area contributed by atoms with Gasteiger partial charge in [-0.25, -0.2) is 9.97 Å². The number of aromatic hydroxyl groups is 1. The number of hydrogen-bond donors (Lipinski definition) is 1. The summed E-state index contributed by atoms with van der Waals surface area (Å²) in [7, 11) is 0. The Morgan fingerprint density at radius 1 is 1.43 bits per heavy atom. The molecule has 3 heterocycles. The van der Waals surface area contributed by atoms with Gasteiger partial charge < -0.3 is 18.5 Å². The zero-order valence-corrected chi connectivity index (χ0v) is 11.2. The van der Waals surface area contributed by atoms with Gasteiger partial charge in [0.1, 0.15) is 0 Å². The van der Waals surface area contributed by atoms with Crippen molar-refractivity contribution in [3.63, 3.8) is 0 Å². The second-order valence-electron chi connectivity index (χ2n) is 4.38. The maximum absolute atomic E-state index is 9.66. The fraction of sp³-hybridized carbons (Fsp3) is 0.214. The first-order valence-corrected chi connectivity index (χ1v) is 6.52. The van der Waals surface area contributed by atoms with Gasteiger partial charge in [0, 0.05) is 25.5 Å². The minimum atomic E-state index is -0.264. The molecule has 0 fully saturated rings. The molecule has 0 saturated carbocycles. The van der Waals surface area contributed by atoms with Crippen molar-refractivity contribution in [1.29, 1.82) is 0 Å². The van der Waals surface area contributed by atoms with E-state index in [9.17, 15) is 5.11 Å². The number of imidazole rings is 1. The normalized spacial score (nSPS) is 11.4. The number of nitrogens with zero attached hydrogens (tertiary/aromatic N) is 4. The van der Waals surface area contributed by atoms with Crippen LogP contribution in [0.25, 0.3) is 11.7 Å². The lowest BCUT2D eigenvalue weighted by molar-refractivity contribution is 0.333. The molecule has 0 bridgehead atoms. The van der Waals surface area contributed by atoms with Gasteiger partial charge in [-0.2, -0.15) is 0 Å². The van der Waals surface area contributed by atoms with Crippen molar-refractivity contribution in [2.45, 2.75) is 13.0 Å². The summed E-state index contributed by atoms with van der Waals surface area (Å²) in [5.41, 5.74) is 0.295. The molecule has 0 radical (unpaired) electrons. The Balaban J connectivity index is 1.56. The number of hydrogen-bond acceptors (Lipinski definition) is 6. The summed E-state index contributed by atoms with van der Waals surface area (Å²) in [6, 6.07) is 3.43. The van der Waals surface area contributed by atoms with Crippen LogP contribution in [0.3, 0.4) is 0 Å². The van der Waals surface area contributed by atoms with Crippen molar-refractivity contribution in [3.8, 4) is 17.6 Å². The first-order chi connectivity index (χ1) is 10.3. The third-order valence-corrected chi connectivity index (χ3v) is 2.84. The lowest BCUT2D eigenvalue weighted by Crippen LogP contribution is -1.96. The molecule has 0 aromatic carbocycles. The Hall–Kier alpha value is -2.83. The summed E-state index contributed by atoms with van der Waals surface area (Å²) >= 11 is 0. The highest BCUT2D eigenvalue weighted by Crippen LogP contribution is 2.25. The van der Waals surface area contributed by atoms with Gasteiger partial charge in [-0.1, -0.05) is 0 Å². The second kappa shape index (κ2) is 6.08. The van der Waals surface area contributed by atoms with Crippen molar-refractivity contribution in [2.24, 2.45) is 4.99 Å². The predicted octanol–water partition coefficient (Wildman–Crippen LogP) is 2.35. The molecule has 0 aliphatic heterocycles. The molecule has 3 aromatic rings. The molecule has 0 aliphatic carbocycles. The topological polar surface area (TPSA) is 89.6 Å². The van der Waals surface area contributed by atoms with E-state index in [1.165, 1.54) is 12.5 Å². The van der Waals surface area contributed by atoms with Gasteiger partial charge in [-0.15, -0.1) is 0 Å². The zero-order valence-electron chi connectivity index (χ0n) is 11.2. The van der Waals surface area contributed by atoms with Crippen LogP contribution in [0, 0.1) is 0 Å². The van der Waals surface area contributed by atoms with Crippen molar-refractivity contribution in [2.75, 3.05) is 6.54 Å². The Kier molecular flexibility index (Phi) is 3.81. The van der Waals surface area contributed by atoms with Crippen LogP contribution in [0.4, 0.5) is 0 Å². The van der Waals surface area contributed by atoms with Crippen molar-refractivity contribution in [3.05, 3.63) is 42.8 Å². The predicted molar refractivity (Wildman–Crippen MR) is 75.2 cm³/mol. The van der Waals surface area contributed by atoms with E-state index in [0.29, 0.717) is 18.0 Å². The van der Waals surface area contributed by atoms with Gasteiger partial charge in [0.2, 0.25) is 0 Å². The number of aromatic nitrogens is 3. The van der Waals surface area contributed by atoms with Crippen LogP contribution in [0.1, 0.15) is 12.1 Å². The fourth-order valence-electron chi connectivity index (χ4n) is 1.83. The van der Waals surface area contributed by atoms with Crippen molar-refractivity contribution in [1.82, 2.24) is 14.5 Å². The molecule has 1 N–H and O–H groups in total. The van der Waals surface area contributed by atoms with E-state index in [-0.39, 0.29) is 11.8 Å². The number of oxazole rings is 1. The average molecular weight is 286 g/mol. The number of aliphatic imine (C=N–C) groups is 1. The van der Waals surface area contributed by atoms with Crippen LogP contribution < -0.4 is 0 Å². The van der Waals surface area contributed by atoms with E-state index in [1.54, 1.807) is 24.7 Å². The minimum Gasteiger partial charge on any atom is -0.479 e. The van der Waals surface area contributed by atoms with E-state index in [4.69, 9.17) is 8.83 Å². The lowest BCUT2D eigenvalue weighted by Gasteiger charge is -1.97. The van der Waals surface area contributed by atoms with Crippen LogP contribution >= 0.6 is 0 Å². The van der Waals surface area contributed by atoms with Gasteiger partial charge in [-0.05, 0) is 18.6 Å². The van der Waals surface area contributed by atoms with Crippen LogP contribution in [0.15, 0.2) is 50.9 Å².